The molecule has 124 valence electrons. The lowest BCUT2D eigenvalue weighted by Gasteiger charge is -2.08. The van der Waals surface area contributed by atoms with Gasteiger partial charge in [-0.3, -0.25) is 4.72 Å². The number of halogens is 2. The molecule has 0 spiro atoms. The zero-order chi connectivity index (χ0) is 17.0. The van der Waals surface area contributed by atoms with E-state index in [1.807, 2.05) is 0 Å². The maximum Gasteiger partial charge on any atom is 0.230 e. The lowest BCUT2D eigenvalue weighted by Crippen LogP contribution is -2.11. The van der Waals surface area contributed by atoms with Crippen LogP contribution >= 0.6 is 23.5 Å². The fourth-order valence-electron chi connectivity index (χ4n) is 1.62. The van der Waals surface area contributed by atoms with Crippen LogP contribution in [0.4, 0.5) is 14.6 Å². The summed E-state index contributed by atoms with van der Waals surface area (Å²) in [7, 11) is -3.47. The number of anilines is 1. The summed E-state index contributed by atoms with van der Waals surface area (Å²) in [4.78, 5) is 8.28. The van der Waals surface area contributed by atoms with Crippen molar-refractivity contribution in [2.45, 2.75) is 15.9 Å². The van der Waals surface area contributed by atoms with Crippen LogP contribution in [-0.4, -0.2) is 30.9 Å². The summed E-state index contributed by atoms with van der Waals surface area (Å²) in [5.41, 5.74) is 0.186. The Labute approximate surface area is 141 Å². The summed E-state index contributed by atoms with van der Waals surface area (Å²) in [5.74, 6) is -1.56. The zero-order valence-corrected chi connectivity index (χ0v) is 14.7. The molecule has 1 aromatic carbocycles. The Balaban J connectivity index is 2.22. The number of sulfonamides is 1. The Morgan fingerprint density at radius 2 is 2.00 bits per heavy atom. The summed E-state index contributed by atoms with van der Waals surface area (Å²) < 4.78 is 51.7. The van der Waals surface area contributed by atoms with Crippen molar-refractivity contribution in [1.29, 1.82) is 0 Å². The normalized spacial score (nSPS) is 11.5. The summed E-state index contributed by atoms with van der Waals surface area (Å²) in [6.07, 6.45) is 2.80. The third-order valence-electron chi connectivity index (χ3n) is 2.57. The molecule has 0 aliphatic carbocycles. The smallest absolute Gasteiger partial charge is 0.230 e. The first-order valence-electron chi connectivity index (χ1n) is 6.25. The summed E-state index contributed by atoms with van der Waals surface area (Å²) in [5, 5.41) is 0.833. The minimum Gasteiger partial charge on any atom is -0.267 e. The fraction of sp³-hybridized carbons (Fsp3) is 0.231. The highest BCUT2D eigenvalue weighted by atomic mass is 32.2. The largest absolute Gasteiger partial charge is 0.267 e. The molecule has 0 bridgehead atoms. The number of benzene rings is 1. The monoisotopic (exact) mass is 377 g/mol. The molecule has 1 heterocycles. The maximum atomic E-state index is 13.6. The molecule has 0 fully saturated rings. The van der Waals surface area contributed by atoms with E-state index in [0.717, 1.165) is 24.1 Å². The molecule has 0 saturated heterocycles. The van der Waals surface area contributed by atoms with Crippen LogP contribution in [-0.2, 0) is 15.8 Å². The van der Waals surface area contributed by atoms with Gasteiger partial charge in [0.15, 0.2) is 16.8 Å². The molecule has 1 N–H and O–H groups in total. The van der Waals surface area contributed by atoms with Crippen LogP contribution in [0.15, 0.2) is 34.4 Å². The third-order valence-corrected chi connectivity index (χ3v) is 4.67. The van der Waals surface area contributed by atoms with Gasteiger partial charge >= 0.3 is 0 Å². The average molecular weight is 377 g/mol. The van der Waals surface area contributed by atoms with E-state index >= 15 is 0 Å². The Morgan fingerprint density at radius 1 is 1.26 bits per heavy atom. The summed E-state index contributed by atoms with van der Waals surface area (Å²) in [6, 6.07) is 5.44. The molecule has 0 aliphatic heterocycles. The lowest BCUT2D eigenvalue weighted by molar-refractivity contribution is 0.502. The second-order valence-electron chi connectivity index (χ2n) is 4.45. The van der Waals surface area contributed by atoms with Gasteiger partial charge in [-0.05, 0) is 12.3 Å². The highest BCUT2D eigenvalue weighted by Crippen LogP contribution is 2.26. The second-order valence-corrected chi connectivity index (χ2v) is 7.97. The van der Waals surface area contributed by atoms with E-state index in [1.54, 1.807) is 6.26 Å². The van der Waals surface area contributed by atoms with Gasteiger partial charge in [0.05, 0.1) is 6.26 Å². The molecule has 2 aromatic rings. The predicted molar refractivity (Wildman–Crippen MR) is 88.2 cm³/mol. The maximum absolute atomic E-state index is 13.6. The van der Waals surface area contributed by atoms with Gasteiger partial charge < -0.3 is 0 Å². The molecule has 0 aliphatic rings. The summed E-state index contributed by atoms with van der Waals surface area (Å²) >= 11 is 2.41. The minimum absolute atomic E-state index is 0.125. The van der Waals surface area contributed by atoms with Gasteiger partial charge in [-0.2, -0.15) is 0 Å². The molecule has 0 unspecified atom stereocenters. The fourth-order valence-corrected chi connectivity index (χ4v) is 3.40. The van der Waals surface area contributed by atoms with Crippen LogP contribution < -0.4 is 4.72 Å². The van der Waals surface area contributed by atoms with Gasteiger partial charge in [0.1, 0.15) is 10.8 Å². The molecule has 10 heteroatoms. The Kier molecular flexibility index (Phi) is 5.82. The zero-order valence-electron chi connectivity index (χ0n) is 12.2. The van der Waals surface area contributed by atoms with Crippen LogP contribution in [0.3, 0.4) is 0 Å². The number of hydrogen-bond acceptors (Lipinski definition) is 6. The molecule has 23 heavy (non-hydrogen) atoms. The highest BCUT2D eigenvalue weighted by Gasteiger charge is 2.12. The number of nitrogens with one attached hydrogen (secondary N) is 1. The van der Waals surface area contributed by atoms with Crippen LogP contribution in [0, 0.1) is 11.6 Å². The first-order chi connectivity index (χ1) is 10.8. The van der Waals surface area contributed by atoms with Gasteiger partial charge in [-0.25, -0.2) is 27.2 Å². The summed E-state index contributed by atoms with van der Waals surface area (Å²) in [6.45, 7) is 0. The van der Waals surface area contributed by atoms with Crippen LogP contribution in [0.2, 0.25) is 0 Å². The predicted octanol–water partition coefficient (Wildman–Crippen LogP) is 3.14. The molecular formula is C13H13F2N3O2S3. The van der Waals surface area contributed by atoms with Crippen LogP contribution in [0.1, 0.15) is 5.56 Å². The van der Waals surface area contributed by atoms with Gasteiger partial charge in [-0.1, -0.05) is 23.9 Å². The molecule has 0 atom stereocenters. The third kappa shape index (κ3) is 5.33. The Bertz CT molecular complexity index is 816. The highest BCUT2D eigenvalue weighted by molar-refractivity contribution is 7.99. The van der Waals surface area contributed by atoms with Crippen molar-refractivity contribution in [1.82, 2.24) is 9.97 Å². The van der Waals surface area contributed by atoms with E-state index in [0.29, 0.717) is 5.03 Å². The van der Waals surface area contributed by atoms with Crippen LogP contribution in [0.5, 0.6) is 0 Å². The number of thioether (sulfide) groups is 2. The Hall–Kier alpha value is -1.39. The number of rotatable bonds is 6. The van der Waals surface area contributed by atoms with Gasteiger partial charge in [0.2, 0.25) is 10.0 Å². The van der Waals surface area contributed by atoms with Crippen molar-refractivity contribution in [3.63, 3.8) is 0 Å². The van der Waals surface area contributed by atoms with Crippen molar-refractivity contribution >= 4 is 39.4 Å². The van der Waals surface area contributed by atoms with E-state index in [4.69, 9.17) is 0 Å². The molecule has 0 saturated carbocycles. The molecule has 0 radical (unpaired) electrons. The lowest BCUT2D eigenvalue weighted by atomic mass is 10.2. The number of hydrogen-bond donors (Lipinski definition) is 1. The second kappa shape index (κ2) is 7.45. The van der Waals surface area contributed by atoms with E-state index < -0.39 is 21.7 Å². The van der Waals surface area contributed by atoms with Gasteiger partial charge in [0.25, 0.3) is 0 Å². The first kappa shape index (κ1) is 18.0. The minimum atomic E-state index is -3.47. The molecule has 5 nitrogen and oxygen atoms in total. The van der Waals surface area contributed by atoms with E-state index in [1.165, 1.54) is 30.0 Å². The van der Waals surface area contributed by atoms with E-state index in [-0.39, 0.29) is 22.3 Å². The molecule has 2 rings (SSSR count). The molecular weight excluding hydrogens is 364 g/mol. The quantitative estimate of drug-likeness (QED) is 0.474. The topological polar surface area (TPSA) is 72.0 Å². The first-order valence-corrected chi connectivity index (χ1v) is 10.3. The van der Waals surface area contributed by atoms with Crippen LogP contribution in [0.25, 0.3) is 0 Å². The standard InChI is InChI=1S/C13H13F2N3O2S3/c1-21-11-6-10(18-23(2,19)20)16-13(17-11)22-7-8-4-3-5-9(14)12(8)15/h3-6H,7H2,1-2H3,(H,16,17,18). The molecule has 0 amide bonds. The van der Waals surface area contributed by atoms with E-state index in [9.17, 15) is 17.2 Å². The van der Waals surface area contributed by atoms with Crippen molar-refractivity contribution in [3.05, 3.63) is 41.5 Å². The van der Waals surface area contributed by atoms with Crippen molar-refractivity contribution in [2.75, 3.05) is 17.2 Å². The van der Waals surface area contributed by atoms with Crippen molar-refractivity contribution < 1.29 is 17.2 Å². The van der Waals surface area contributed by atoms with Gasteiger partial charge in [-0.15, -0.1) is 11.8 Å². The van der Waals surface area contributed by atoms with Gasteiger partial charge in [0, 0.05) is 17.4 Å². The molecule has 1 aromatic heterocycles. The van der Waals surface area contributed by atoms with Crippen molar-refractivity contribution in [2.24, 2.45) is 0 Å². The number of nitrogens with zero attached hydrogens (tertiary/aromatic N) is 2. The van der Waals surface area contributed by atoms with E-state index in [2.05, 4.69) is 14.7 Å². The van der Waals surface area contributed by atoms with Crippen molar-refractivity contribution in [3.8, 4) is 0 Å². The number of aromatic nitrogens is 2. The average Bonchev–Trinajstić information content (AvgIpc) is 2.46. The Morgan fingerprint density at radius 3 is 2.65 bits per heavy atom. The SMILES string of the molecule is CSc1cc(NS(C)(=O)=O)nc(SCc2cccc(F)c2F)n1.